The first-order valence-electron chi connectivity index (χ1n) is 7.65. The van der Waals surface area contributed by atoms with Crippen LogP contribution in [0.15, 0.2) is 57.2 Å². The Morgan fingerprint density at radius 1 is 1.41 bits per heavy atom. The van der Waals surface area contributed by atoms with Crippen molar-refractivity contribution in [2.24, 2.45) is 0 Å². The van der Waals surface area contributed by atoms with E-state index < -0.39 is 5.82 Å². The van der Waals surface area contributed by atoms with Crippen LogP contribution in [0.3, 0.4) is 0 Å². The first-order chi connectivity index (χ1) is 13.0. The number of benzene rings is 1. The highest BCUT2D eigenvalue weighted by Crippen LogP contribution is 2.27. The van der Waals surface area contributed by atoms with E-state index in [1.807, 2.05) is 0 Å². The summed E-state index contributed by atoms with van der Waals surface area (Å²) in [5.74, 6) is 0.352. The second kappa shape index (κ2) is 8.73. The molecule has 140 valence electrons. The Labute approximate surface area is 171 Å². The molecule has 0 aliphatic heterocycles. The van der Waals surface area contributed by atoms with Crippen molar-refractivity contribution in [2.75, 3.05) is 11.1 Å². The summed E-state index contributed by atoms with van der Waals surface area (Å²) in [5, 5.41) is 11.4. The molecule has 0 unspecified atom stereocenters. The van der Waals surface area contributed by atoms with E-state index in [0.29, 0.717) is 33.6 Å². The third-order valence-corrected chi connectivity index (χ3v) is 5.04. The summed E-state index contributed by atoms with van der Waals surface area (Å²) >= 11 is 10.2. The highest BCUT2D eigenvalue weighted by atomic mass is 79.9. The van der Waals surface area contributed by atoms with Gasteiger partial charge in [-0.25, -0.2) is 4.39 Å². The Balaban J connectivity index is 1.69. The smallest absolute Gasteiger partial charge is 0.234 e. The van der Waals surface area contributed by atoms with E-state index in [-0.39, 0.29) is 16.7 Å². The minimum Gasteiger partial charge on any atom is -0.446 e. The monoisotopic (exact) mass is 470 g/mol. The van der Waals surface area contributed by atoms with Crippen LogP contribution in [-0.4, -0.2) is 26.4 Å². The average molecular weight is 472 g/mol. The van der Waals surface area contributed by atoms with E-state index in [2.05, 4.69) is 38.0 Å². The van der Waals surface area contributed by atoms with Crippen LogP contribution < -0.4 is 5.32 Å². The molecule has 3 aromatic rings. The van der Waals surface area contributed by atoms with Crippen molar-refractivity contribution >= 4 is 50.9 Å². The van der Waals surface area contributed by atoms with Crippen LogP contribution in [0.4, 0.5) is 10.1 Å². The molecule has 1 aromatic carbocycles. The third kappa shape index (κ3) is 4.79. The number of halogens is 3. The van der Waals surface area contributed by atoms with E-state index in [0.717, 1.165) is 0 Å². The number of allylic oxidation sites excluding steroid dienone is 1. The van der Waals surface area contributed by atoms with Gasteiger partial charge in [-0.3, -0.25) is 9.36 Å². The average Bonchev–Trinajstić information content (AvgIpc) is 3.23. The SMILES string of the molecule is C=CCn1c(SCC(=O)Nc2ccc(F)c(Cl)c2)nnc1-c1ccc(Br)o1. The highest BCUT2D eigenvalue weighted by Gasteiger charge is 2.17. The fraction of sp³-hybridized carbons (Fsp3) is 0.118. The van der Waals surface area contributed by atoms with E-state index in [1.165, 1.54) is 30.0 Å². The number of aromatic nitrogens is 3. The molecule has 27 heavy (non-hydrogen) atoms. The predicted octanol–water partition coefficient (Wildman–Crippen LogP) is 5.01. The highest BCUT2D eigenvalue weighted by molar-refractivity contribution is 9.10. The summed E-state index contributed by atoms with van der Waals surface area (Å²) in [6, 6.07) is 7.52. The fourth-order valence-electron chi connectivity index (χ4n) is 2.21. The van der Waals surface area contributed by atoms with Crippen molar-refractivity contribution in [3.63, 3.8) is 0 Å². The van der Waals surface area contributed by atoms with Crippen LogP contribution >= 0.6 is 39.3 Å². The molecule has 0 bridgehead atoms. The lowest BCUT2D eigenvalue weighted by Gasteiger charge is -2.07. The number of furan rings is 1. The van der Waals surface area contributed by atoms with Gasteiger partial charge in [0.2, 0.25) is 11.7 Å². The Morgan fingerprint density at radius 2 is 2.22 bits per heavy atom. The molecule has 10 heteroatoms. The molecule has 0 atom stereocenters. The first kappa shape index (κ1) is 19.7. The maximum atomic E-state index is 13.2. The number of rotatable bonds is 7. The number of thioether (sulfide) groups is 1. The molecule has 0 aliphatic rings. The maximum absolute atomic E-state index is 13.2. The van der Waals surface area contributed by atoms with Crippen molar-refractivity contribution < 1.29 is 13.6 Å². The topological polar surface area (TPSA) is 73.0 Å². The zero-order valence-electron chi connectivity index (χ0n) is 13.8. The zero-order chi connectivity index (χ0) is 19.4. The van der Waals surface area contributed by atoms with Crippen LogP contribution in [-0.2, 0) is 11.3 Å². The largest absolute Gasteiger partial charge is 0.446 e. The number of hydrogen-bond donors (Lipinski definition) is 1. The number of amides is 1. The van der Waals surface area contributed by atoms with Crippen LogP contribution in [0, 0.1) is 5.82 Å². The van der Waals surface area contributed by atoms with Gasteiger partial charge < -0.3 is 9.73 Å². The lowest BCUT2D eigenvalue weighted by atomic mass is 10.3. The molecule has 0 aliphatic carbocycles. The Kier molecular flexibility index (Phi) is 6.35. The summed E-state index contributed by atoms with van der Waals surface area (Å²) in [6.07, 6.45) is 1.70. The van der Waals surface area contributed by atoms with Gasteiger partial charge in [0.15, 0.2) is 15.6 Å². The van der Waals surface area contributed by atoms with E-state index in [4.69, 9.17) is 16.0 Å². The number of nitrogens with zero attached hydrogens (tertiary/aromatic N) is 3. The molecular weight excluding hydrogens is 459 g/mol. The van der Waals surface area contributed by atoms with Crippen molar-refractivity contribution in [1.29, 1.82) is 0 Å². The molecule has 6 nitrogen and oxygen atoms in total. The summed E-state index contributed by atoms with van der Waals surface area (Å²) < 4.78 is 21.1. The lowest BCUT2D eigenvalue weighted by Crippen LogP contribution is -2.14. The number of nitrogens with one attached hydrogen (secondary N) is 1. The number of anilines is 1. The Morgan fingerprint density at radius 3 is 2.89 bits per heavy atom. The van der Waals surface area contributed by atoms with Gasteiger partial charge >= 0.3 is 0 Å². The number of carbonyl (C=O) groups is 1. The summed E-state index contributed by atoms with van der Waals surface area (Å²) in [6.45, 7) is 4.19. The van der Waals surface area contributed by atoms with Crippen LogP contribution in [0.1, 0.15) is 0 Å². The quantitative estimate of drug-likeness (QED) is 0.387. The van der Waals surface area contributed by atoms with Crippen LogP contribution in [0.25, 0.3) is 11.6 Å². The summed E-state index contributed by atoms with van der Waals surface area (Å²) in [7, 11) is 0. The lowest BCUT2D eigenvalue weighted by molar-refractivity contribution is -0.113. The van der Waals surface area contributed by atoms with Gasteiger partial charge in [0.1, 0.15) is 5.82 Å². The molecule has 1 N–H and O–H groups in total. The minimum absolute atomic E-state index is 0.0552. The van der Waals surface area contributed by atoms with Gasteiger partial charge in [0.05, 0.1) is 10.8 Å². The van der Waals surface area contributed by atoms with Gasteiger partial charge in [-0.1, -0.05) is 29.4 Å². The van der Waals surface area contributed by atoms with Gasteiger partial charge in [0.25, 0.3) is 0 Å². The minimum atomic E-state index is -0.543. The molecular formula is C17H13BrClFN4O2S. The van der Waals surface area contributed by atoms with Crippen molar-refractivity contribution in [3.05, 3.63) is 58.5 Å². The molecule has 0 radical (unpaired) electrons. The first-order valence-corrected chi connectivity index (χ1v) is 9.81. The van der Waals surface area contributed by atoms with E-state index >= 15 is 0 Å². The van der Waals surface area contributed by atoms with Crippen LogP contribution in [0.5, 0.6) is 0 Å². The van der Waals surface area contributed by atoms with Crippen LogP contribution in [0.2, 0.25) is 5.02 Å². The maximum Gasteiger partial charge on any atom is 0.234 e. The molecule has 1 amide bonds. The van der Waals surface area contributed by atoms with Gasteiger partial charge in [-0.2, -0.15) is 0 Å². The summed E-state index contributed by atoms with van der Waals surface area (Å²) in [5.41, 5.74) is 0.417. The standard InChI is InChI=1S/C17H13BrClFN4O2S/c1-2-7-24-16(13-5-6-14(18)26-13)22-23-17(24)27-9-15(25)21-10-3-4-12(20)11(19)8-10/h2-6,8H,1,7,9H2,(H,21,25). The van der Waals surface area contributed by atoms with Gasteiger partial charge in [0, 0.05) is 12.2 Å². The molecule has 0 saturated heterocycles. The zero-order valence-corrected chi connectivity index (χ0v) is 16.9. The predicted molar refractivity (Wildman–Crippen MR) is 106 cm³/mol. The van der Waals surface area contributed by atoms with E-state index in [1.54, 1.807) is 22.8 Å². The fourth-order valence-corrected chi connectivity index (χ4v) is 3.44. The normalized spacial score (nSPS) is 10.8. The molecule has 0 saturated carbocycles. The van der Waals surface area contributed by atoms with Crippen molar-refractivity contribution in [1.82, 2.24) is 14.8 Å². The number of hydrogen-bond acceptors (Lipinski definition) is 5. The molecule has 0 fully saturated rings. The van der Waals surface area contributed by atoms with E-state index in [9.17, 15) is 9.18 Å². The third-order valence-electron chi connectivity index (χ3n) is 3.36. The number of carbonyl (C=O) groups excluding carboxylic acids is 1. The molecule has 3 rings (SSSR count). The Hall–Kier alpha value is -2.10. The van der Waals surface area contributed by atoms with Crippen molar-refractivity contribution in [2.45, 2.75) is 11.7 Å². The van der Waals surface area contributed by atoms with Gasteiger partial charge in [-0.15, -0.1) is 16.8 Å². The van der Waals surface area contributed by atoms with Crippen molar-refractivity contribution in [3.8, 4) is 11.6 Å². The second-order valence-electron chi connectivity index (χ2n) is 5.27. The molecule has 0 spiro atoms. The Bertz CT molecular complexity index is 991. The van der Waals surface area contributed by atoms with Gasteiger partial charge in [-0.05, 0) is 46.3 Å². The molecule has 2 aromatic heterocycles. The molecule has 2 heterocycles. The second-order valence-corrected chi connectivity index (χ2v) is 7.41. The summed E-state index contributed by atoms with van der Waals surface area (Å²) in [4.78, 5) is 12.2.